The highest BCUT2D eigenvalue weighted by Crippen LogP contribution is 2.49. The number of carbonyl (C=O) groups excluding carboxylic acids is 1. The molecule has 136 valence electrons. The minimum absolute atomic E-state index is 0.0346. The predicted molar refractivity (Wildman–Crippen MR) is 89.0 cm³/mol. The molecule has 1 spiro atoms. The number of carboxylic acid groups (broad SMARTS) is 1. The second-order valence-corrected chi connectivity index (χ2v) is 9.09. The van der Waals surface area contributed by atoms with Crippen molar-refractivity contribution in [2.45, 2.75) is 90.0 Å². The van der Waals surface area contributed by atoms with Gasteiger partial charge in [-0.15, -0.1) is 0 Å². The number of nitrogens with zero attached hydrogens (tertiary/aromatic N) is 2. The van der Waals surface area contributed by atoms with Crippen LogP contribution in [-0.2, 0) is 14.4 Å². The lowest BCUT2D eigenvalue weighted by Crippen LogP contribution is -2.67. The van der Waals surface area contributed by atoms with E-state index in [0.29, 0.717) is 12.8 Å². The number of piperidine rings is 1. The number of oxime groups is 1. The average Bonchev–Trinajstić information content (AvgIpc) is 2.65. The number of ether oxygens (including phenoxy) is 1. The first-order chi connectivity index (χ1) is 10.7. The number of carbonyl (C=O) groups is 2. The number of hydrogen-bond donors (Lipinski definition) is 1. The van der Waals surface area contributed by atoms with Crippen molar-refractivity contribution in [1.82, 2.24) is 4.90 Å². The van der Waals surface area contributed by atoms with E-state index in [1.807, 2.05) is 48.5 Å². The van der Waals surface area contributed by atoms with Gasteiger partial charge in [-0.05, 0) is 48.5 Å². The maximum Gasteiger partial charge on any atom is 0.411 e. The highest BCUT2D eigenvalue weighted by molar-refractivity contribution is 6.36. The van der Waals surface area contributed by atoms with Crippen molar-refractivity contribution >= 4 is 17.8 Å². The SMILES string of the molecule is CC(C)(C)OC(=O)N1C(C)(C)CC2(CC(C(=O)O)=NO2)CC1(C)C. The summed E-state index contributed by atoms with van der Waals surface area (Å²) >= 11 is 0. The summed E-state index contributed by atoms with van der Waals surface area (Å²) in [7, 11) is 0. The minimum atomic E-state index is -1.06. The Bertz CT molecular complexity index is 568. The molecule has 2 aliphatic rings. The molecular formula is C17H28N2O5. The second-order valence-electron chi connectivity index (χ2n) is 9.09. The molecule has 7 nitrogen and oxygen atoms in total. The molecule has 0 atom stereocenters. The predicted octanol–water partition coefficient (Wildman–Crippen LogP) is 3.17. The van der Waals surface area contributed by atoms with Gasteiger partial charge < -0.3 is 14.7 Å². The summed E-state index contributed by atoms with van der Waals surface area (Å²) < 4.78 is 5.58. The van der Waals surface area contributed by atoms with Crippen molar-refractivity contribution in [2.75, 3.05) is 0 Å². The minimum Gasteiger partial charge on any atom is -0.477 e. The van der Waals surface area contributed by atoms with Crippen LogP contribution in [0.3, 0.4) is 0 Å². The highest BCUT2D eigenvalue weighted by Gasteiger charge is 2.58. The Labute approximate surface area is 143 Å². The lowest BCUT2D eigenvalue weighted by atomic mass is 9.69. The second kappa shape index (κ2) is 5.36. The molecule has 7 heteroatoms. The third-order valence-electron chi connectivity index (χ3n) is 4.38. The van der Waals surface area contributed by atoms with Crippen LogP contribution in [0.4, 0.5) is 4.79 Å². The molecule has 0 radical (unpaired) electrons. The maximum atomic E-state index is 12.8. The van der Waals surface area contributed by atoms with Crippen LogP contribution in [0.1, 0.15) is 67.7 Å². The van der Waals surface area contributed by atoms with Crippen molar-refractivity contribution in [3.05, 3.63) is 0 Å². The van der Waals surface area contributed by atoms with Gasteiger partial charge in [-0.2, -0.15) is 0 Å². The molecule has 1 amide bonds. The molecule has 1 N–H and O–H groups in total. The van der Waals surface area contributed by atoms with Crippen molar-refractivity contribution in [2.24, 2.45) is 5.16 Å². The lowest BCUT2D eigenvalue weighted by Gasteiger charge is -2.56. The van der Waals surface area contributed by atoms with Gasteiger partial charge in [-0.3, -0.25) is 4.90 Å². The molecule has 24 heavy (non-hydrogen) atoms. The summed E-state index contributed by atoms with van der Waals surface area (Å²) in [5.74, 6) is -1.06. The summed E-state index contributed by atoms with van der Waals surface area (Å²) in [4.78, 5) is 31.3. The van der Waals surface area contributed by atoms with Crippen molar-refractivity contribution < 1.29 is 24.3 Å². The van der Waals surface area contributed by atoms with E-state index in [9.17, 15) is 9.59 Å². The molecule has 2 rings (SSSR count). The van der Waals surface area contributed by atoms with E-state index in [4.69, 9.17) is 14.7 Å². The Morgan fingerprint density at radius 2 is 1.67 bits per heavy atom. The zero-order valence-corrected chi connectivity index (χ0v) is 15.6. The zero-order valence-electron chi connectivity index (χ0n) is 15.6. The Hall–Kier alpha value is -1.79. The quantitative estimate of drug-likeness (QED) is 0.792. The number of likely N-dealkylation sites (tertiary alicyclic amines) is 1. The first-order valence-corrected chi connectivity index (χ1v) is 8.19. The molecule has 0 aromatic carbocycles. The largest absolute Gasteiger partial charge is 0.477 e. The van der Waals surface area contributed by atoms with Gasteiger partial charge in [0.1, 0.15) is 11.2 Å². The molecule has 0 bridgehead atoms. The molecule has 0 aliphatic carbocycles. The number of hydrogen-bond acceptors (Lipinski definition) is 5. The van der Waals surface area contributed by atoms with E-state index in [2.05, 4.69) is 5.16 Å². The summed E-state index contributed by atoms with van der Waals surface area (Å²) in [6.07, 6.45) is 0.855. The van der Waals surface area contributed by atoms with Gasteiger partial charge in [0.2, 0.25) is 0 Å². The van der Waals surface area contributed by atoms with E-state index in [-0.39, 0.29) is 18.2 Å². The topological polar surface area (TPSA) is 88.4 Å². The first-order valence-electron chi connectivity index (χ1n) is 8.19. The smallest absolute Gasteiger partial charge is 0.411 e. The normalized spacial score (nSPS) is 24.3. The van der Waals surface area contributed by atoms with Crippen LogP contribution in [0.15, 0.2) is 5.16 Å². The van der Waals surface area contributed by atoms with Crippen LogP contribution >= 0.6 is 0 Å². The Morgan fingerprint density at radius 3 is 2.04 bits per heavy atom. The van der Waals surface area contributed by atoms with E-state index >= 15 is 0 Å². The van der Waals surface area contributed by atoms with Gasteiger partial charge >= 0.3 is 12.1 Å². The molecule has 2 aliphatic heterocycles. The first kappa shape index (κ1) is 18.5. The third kappa shape index (κ3) is 3.49. The van der Waals surface area contributed by atoms with Gasteiger partial charge in [0.25, 0.3) is 0 Å². The zero-order chi connectivity index (χ0) is 18.6. The maximum absolute atomic E-state index is 12.8. The Morgan fingerprint density at radius 1 is 1.17 bits per heavy atom. The van der Waals surface area contributed by atoms with Crippen molar-refractivity contribution in [3.63, 3.8) is 0 Å². The number of rotatable bonds is 1. The fourth-order valence-electron chi connectivity index (χ4n) is 4.24. The molecule has 0 unspecified atom stereocenters. The molecule has 0 aromatic rings. The van der Waals surface area contributed by atoms with Crippen LogP contribution < -0.4 is 0 Å². The van der Waals surface area contributed by atoms with E-state index < -0.39 is 28.2 Å². The van der Waals surface area contributed by atoms with Crippen LogP contribution in [-0.4, -0.2) is 50.1 Å². The highest BCUT2D eigenvalue weighted by atomic mass is 16.7. The molecule has 1 fully saturated rings. The van der Waals surface area contributed by atoms with Crippen molar-refractivity contribution in [1.29, 1.82) is 0 Å². The van der Waals surface area contributed by atoms with Crippen LogP contribution in [0, 0.1) is 0 Å². The summed E-state index contributed by atoms with van der Waals surface area (Å²) in [6, 6.07) is 0. The van der Waals surface area contributed by atoms with Gasteiger partial charge in [0, 0.05) is 30.3 Å². The molecule has 0 aromatic heterocycles. The van der Waals surface area contributed by atoms with E-state index in [1.165, 1.54) is 0 Å². The lowest BCUT2D eigenvalue weighted by molar-refractivity contribution is -0.145. The average molecular weight is 340 g/mol. The molecular weight excluding hydrogens is 312 g/mol. The number of carboxylic acids is 1. The van der Waals surface area contributed by atoms with Crippen LogP contribution in [0.5, 0.6) is 0 Å². The molecule has 1 saturated heterocycles. The van der Waals surface area contributed by atoms with Gasteiger partial charge in [-0.25, -0.2) is 9.59 Å². The van der Waals surface area contributed by atoms with E-state index in [0.717, 1.165) is 0 Å². The third-order valence-corrected chi connectivity index (χ3v) is 4.38. The molecule has 0 saturated carbocycles. The Balaban J connectivity index is 2.28. The number of amides is 1. The number of aliphatic carboxylic acids is 1. The van der Waals surface area contributed by atoms with Crippen molar-refractivity contribution in [3.8, 4) is 0 Å². The van der Waals surface area contributed by atoms with Crippen LogP contribution in [0.2, 0.25) is 0 Å². The molecule has 2 heterocycles. The monoisotopic (exact) mass is 340 g/mol. The fourth-order valence-corrected chi connectivity index (χ4v) is 4.24. The summed E-state index contributed by atoms with van der Waals surface area (Å²) in [6.45, 7) is 13.3. The summed E-state index contributed by atoms with van der Waals surface area (Å²) in [5.41, 5.74) is -2.37. The fraction of sp³-hybridized carbons (Fsp3) is 0.824. The van der Waals surface area contributed by atoms with Crippen LogP contribution in [0.25, 0.3) is 0 Å². The van der Waals surface area contributed by atoms with Gasteiger partial charge in [0.15, 0.2) is 5.71 Å². The van der Waals surface area contributed by atoms with Gasteiger partial charge in [-0.1, -0.05) is 5.16 Å². The standard InChI is InChI=1S/C17H28N2O5/c1-14(2,3)23-13(22)19-15(4,5)9-17(10-16(19,6)7)8-11(12(20)21)18-24-17/h8-10H2,1-7H3,(H,20,21). The van der Waals surface area contributed by atoms with Gasteiger partial charge in [0.05, 0.1) is 0 Å². The summed E-state index contributed by atoms with van der Waals surface area (Å²) in [5, 5.41) is 12.9. The van der Waals surface area contributed by atoms with E-state index in [1.54, 1.807) is 4.90 Å². The Kier molecular flexibility index (Phi) is 4.14.